The number of likely N-dealkylation sites (N-methyl/N-ethyl adjacent to an activating group) is 1. The molecule has 6 nitrogen and oxygen atoms in total. The van der Waals surface area contributed by atoms with E-state index in [9.17, 15) is 4.79 Å². The Morgan fingerprint density at radius 2 is 2.14 bits per heavy atom. The predicted molar refractivity (Wildman–Crippen MR) is 82.7 cm³/mol. The van der Waals surface area contributed by atoms with E-state index in [0.29, 0.717) is 35.8 Å². The number of benzene rings is 1. The highest BCUT2D eigenvalue weighted by Gasteiger charge is 2.16. The molecular weight excluding hydrogens is 268 g/mol. The van der Waals surface area contributed by atoms with Crippen LogP contribution in [0.5, 0.6) is 0 Å². The van der Waals surface area contributed by atoms with Crippen LogP contribution in [0.1, 0.15) is 19.2 Å². The van der Waals surface area contributed by atoms with Gasteiger partial charge in [0.15, 0.2) is 5.58 Å². The molecule has 0 saturated heterocycles. The molecule has 0 aliphatic heterocycles. The van der Waals surface area contributed by atoms with E-state index in [1.165, 1.54) is 0 Å². The second-order valence-corrected chi connectivity index (χ2v) is 5.30. The summed E-state index contributed by atoms with van der Waals surface area (Å²) in [6.07, 6.45) is 0.961. The first-order chi connectivity index (χ1) is 10.0. The average molecular weight is 290 g/mol. The molecular formula is C15H22N4O2. The molecule has 6 heteroatoms. The largest absolute Gasteiger partial charge is 0.439 e. The van der Waals surface area contributed by atoms with Crippen LogP contribution in [0.15, 0.2) is 22.6 Å². The van der Waals surface area contributed by atoms with Crippen molar-refractivity contribution >= 4 is 22.7 Å². The molecule has 0 radical (unpaired) electrons. The Kier molecular flexibility index (Phi) is 4.80. The predicted octanol–water partition coefficient (Wildman–Crippen LogP) is 1.71. The van der Waals surface area contributed by atoms with Crippen molar-refractivity contribution in [1.82, 2.24) is 14.8 Å². The Balaban J connectivity index is 2.14. The highest BCUT2D eigenvalue weighted by molar-refractivity contribution is 5.85. The van der Waals surface area contributed by atoms with Gasteiger partial charge in [-0.2, -0.15) is 0 Å². The van der Waals surface area contributed by atoms with Crippen molar-refractivity contribution in [3.63, 3.8) is 0 Å². The molecule has 21 heavy (non-hydrogen) atoms. The number of aromatic nitrogens is 1. The van der Waals surface area contributed by atoms with Crippen molar-refractivity contribution in [3.8, 4) is 0 Å². The monoisotopic (exact) mass is 290 g/mol. The SMILES string of the molecule is CCCN(CC(=O)N(C)C)Cc1nc2c(N)cccc2o1. The van der Waals surface area contributed by atoms with Gasteiger partial charge in [-0.15, -0.1) is 0 Å². The Labute approximate surface area is 124 Å². The number of nitrogens with zero attached hydrogens (tertiary/aromatic N) is 3. The molecule has 0 saturated carbocycles. The number of para-hydroxylation sites is 1. The number of nitrogens with two attached hydrogens (primary N) is 1. The summed E-state index contributed by atoms with van der Waals surface area (Å²) in [5, 5.41) is 0. The molecule has 2 N–H and O–H groups in total. The number of hydrogen-bond acceptors (Lipinski definition) is 5. The van der Waals surface area contributed by atoms with Crippen molar-refractivity contribution in [1.29, 1.82) is 0 Å². The molecule has 2 aromatic rings. The van der Waals surface area contributed by atoms with Crippen molar-refractivity contribution in [2.75, 3.05) is 32.9 Å². The molecule has 1 aromatic carbocycles. The first-order valence-corrected chi connectivity index (χ1v) is 7.07. The van der Waals surface area contributed by atoms with Crippen molar-refractivity contribution in [3.05, 3.63) is 24.1 Å². The zero-order chi connectivity index (χ0) is 15.4. The second kappa shape index (κ2) is 6.58. The van der Waals surface area contributed by atoms with Crippen molar-refractivity contribution < 1.29 is 9.21 Å². The molecule has 0 aliphatic carbocycles. The molecule has 0 bridgehead atoms. The summed E-state index contributed by atoms with van der Waals surface area (Å²) in [6.45, 7) is 3.75. The highest BCUT2D eigenvalue weighted by atomic mass is 16.3. The summed E-state index contributed by atoms with van der Waals surface area (Å²) < 4.78 is 5.71. The normalized spacial score (nSPS) is 11.2. The Bertz CT molecular complexity index is 621. The molecule has 0 atom stereocenters. The lowest BCUT2D eigenvalue weighted by Gasteiger charge is -2.21. The average Bonchev–Trinajstić information content (AvgIpc) is 2.82. The van der Waals surface area contributed by atoms with Crippen LogP contribution in [0.3, 0.4) is 0 Å². The van der Waals surface area contributed by atoms with Crippen LogP contribution in [0.2, 0.25) is 0 Å². The van der Waals surface area contributed by atoms with Gasteiger partial charge in [-0.05, 0) is 25.1 Å². The zero-order valence-electron chi connectivity index (χ0n) is 12.8. The third-order valence-corrected chi connectivity index (χ3v) is 3.25. The van der Waals surface area contributed by atoms with Gasteiger partial charge in [0.1, 0.15) is 5.52 Å². The quantitative estimate of drug-likeness (QED) is 0.820. The summed E-state index contributed by atoms with van der Waals surface area (Å²) in [7, 11) is 3.51. The van der Waals surface area contributed by atoms with Crippen LogP contribution < -0.4 is 5.73 Å². The van der Waals surface area contributed by atoms with Gasteiger partial charge in [0, 0.05) is 14.1 Å². The zero-order valence-corrected chi connectivity index (χ0v) is 12.8. The van der Waals surface area contributed by atoms with E-state index < -0.39 is 0 Å². The maximum Gasteiger partial charge on any atom is 0.236 e. The van der Waals surface area contributed by atoms with Crippen molar-refractivity contribution in [2.45, 2.75) is 19.9 Å². The third-order valence-electron chi connectivity index (χ3n) is 3.25. The molecule has 0 spiro atoms. The summed E-state index contributed by atoms with van der Waals surface area (Å²) in [6, 6.07) is 5.48. The molecule has 0 aliphatic rings. The molecule has 1 amide bonds. The lowest BCUT2D eigenvalue weighted by Crippen LogP contribution is -2.36. The minimum absolute atomic E-state index is 0.0686. The van der Waals surface area contributed by atoms with Gasteiger partial charge in [0.05, 0.1) is 18.8 Å². The highest BCUT2D eigenvalue weighted by Crippen LogP contribution is 2.21. The fraction of sp³-hybridized carbons (Fsp3) is 0.467. The van der Waals surface area contributed by atoms with Crippen LogP contribution >= 0.6 is 0 Å². The van der Waals surface area contributed by atoms with E-state index in [1.54, 1.807) is 25.1 Å². The van der Waals surface area contributed by atoms with Gasteiger partial charge >= 0.3 is 0 Å². The minimum atomic E-state index is 0.0686. The maximum atomic E-state index is 11.9. The first kappa shape index (κ1) is 15.3. The van der Waals surface area contributed by atoms with Gasteiger partial charge in [0.2, 0.25) is 11.8 Å². The van der Waals surface area contributed by atoms with E-state index in [-0.39, 0.29) is 5.91 Å². The van der Waals surface area contributed by atoms with E-state index >= 15 is 0 Å². The van der Waals surface area contributed by atoms with E-state index in [0.717, 1.165) is 13.0 Å². The number of anilines is 1. The Morgan fingerprint density at radius 1 is 1.38 bits per heavy atom. The lowest BCUT2D eigenvalue weighted by molar-refractivity contribution is -0.130. The topological polar surface area (TPSA) is 75.6 Å². The minimum Gasteiger partial charge on any atom is -0.439 e. The smallest absolute Gasteiger partial charge is 0.236 e. The molecule has 2 rings (SSSR count). The number of carbonyl (C=O) groups excluding carboxylic acids is 1. The van der Waals surface area contributed by atoms with E-state index in [2.05, 4.69) is 11.9 Å². The number of nitrogen functional groups attached to an aromatic ring is 1. The number of rotatable bonds is 6. The standard InChI is InChI=1S/C15H22N4O2/c1-4-8-19(10-14(20)18(2)3)9-13-17-15-11(16)6-5-7-12(15)21-13/h5-7H,4,8-10,16H2,1-3H3. The van der Waals surface area contributed by atoms with E-state index in [1.807, 2.05) is 17.0 Å². The molecule has 1 heterocycles. The summed E-state index contributed by atoms with van der Waals surface area (Å²) in [5.41, 5.74) is 7.85. The van der Waals surface area contributed by atoms with Gasteiger partial charge in [0.25, 0.3) is 0 Å². The second-order valence-electron chi connectivity index (χ2n) is 5.30. The van der Waals surface area contributed by atoms with Gasteiger partial charge in [-0.25, -0.2) is 4.98 Å². The number of carbonyl (C=O) groups is 1. The molecule has 0 unspecified atom stereocenters. The summed E-state index contributed by atoms with van der Waals surface area (Å²) in [4.78, 5) is 19.9. The fourth-order valence-corrected chi connectivity index (χ4v) is 2.14. The number of fused-ring (bicyclic) bond motifs is 1. The number of hydrogen-bond donors (Lipinski definition) is 1. The fourth-order valence-electron chi connectivity index (χ4n) is 2.14. The number of oxazole rings is 1. The maximum absolute atomic E-state index is 11.9. The Morgan fingerprint density at radius 3 is 2.76 bits per heavy atom. The summed E-state index contributed by atoms with van der Waals surface area (Å²) >= 11 is 0. The third kappa shape index (κ3) is 3.72. The van der Waals surface area contributed by atoms with Crippen LogP contribution in [0.25, 0.3) is 11.1 Å². The van der Waals surface area contributed by atoms with Gasteiger partial charge < -0.3 is 15.1 Å². The molecule has 114 valence electrons. The van der Waals surface area contributed by atoms with E-state index in [4.69, 9.17) is 10.2 Å². The van der Waals surface area contributed by atoms with Crippen molar-refractivity contribution in [2.24, 2.45) is 0 Å². The summed E-state index contributed by atoms with van der Waals surface area (Å²) in [5.74, 6) is 0.655. The van der Waals surface area contributed by atoms with Crippen LogP contribution in [0.4, 0.5) is 5.69 Å². The van der Waals surface area contributed by atoms with Crippen LogP contribution in [-0.2, 0) is 11.3 Å². The van der Waals surface area contributed by atoms with Crippen LogP contribution in [-0.4, -0.2) is 47.9 Å². The molecule has 0 fully saturated rings. The number of amides is 1. The van der Waals surface area contributed by atoms with Crippen LogP contribution in [0, 0.1) is 0 Å². The molecule has 1 aromatic heterocycles. The van der Waals surface area contributed by atoms with Gasteiger partial charge in [-0.1, -0.05) is 13.0 Å². The lowest BCUT2D eigenvalue weighted by atomic mass is 10.3. The first-order valence-electron chi connectivity index (χ1n) is 7.07. The Hall–Kier alpha value is -2.08. The van der Waals surface area contributed by atoms with Gasteiger partial charge in [-0.3, -0.25) is 9.69 Å².